The molecule has 45 heavy (non-hydrogen) atoms. The van der Waals surface area contributed by atoms with Gasteiger partial charge in [0, 0.05) is 18.2 Å². The first-order chi connectivity index (χ1) is 21.6. The zero-order valence-corrected chi connectivity index (χ0v) is 25.7. The second-order valence-corrected chi connectivity index (χ2v) is 11.1. The molecule has 1 heterocycles. The van der Waals surface area contributed by atoms with Gasteiger partial charge in [-0.3, -0.25) is 14.9 Å². The van der Waals surface area contributed by atoms with E-state index in [0.717, 1.165) is 30.4 Å². The standard InChI is InChI=1S/C30H38N2O5.C4H4O4/c1-3-36-29(34)25(18-17-22-11-6-4-7-12-22)31-21(2)28(33)32-26-16-10-15-24(26)19-27(32)30(35)37-20-23-13-8-5-9-14-23;5-3(6)1-2-4(7)8/h4-9,11-14,21,24-27,31H,3,10,15-20H2,1-2H3;1-2H,(H,5,6)(H,7,8)/t21-,24-,25-,26-,27-;/m0./s1. The molecule has 11 nitrogen and oxygen atoms in total. The molecule has 5 atom stereocenters. The van der Waals surface area contributed by atoms with Crippen LogP contribution in [0.25, 0.3) is 0 Å². The average Bonchev–Trinajstić information content (AvgIpc) is 3.64. The number of carbonyl (C=O) groups is 5. The number of nitrogens with one attached hydrogen (secondary N) is 1. The number of aryl methyl sites for hydroxylation is 1. The molecule has 0 radical (unpaired) electrons. The van der Waals surface area contributed by atoms with Gasteiger partial charge >= 0.3 is 23.9 Å². The van der Waals surface area contributed by atoms with E-state index in [1.54, 1.807) is 18.7 Å². The second-order valence-electron chi connectivity index (χ2n) is 11.1. The highest BCUT2D eigenvalue weighted by molar-refractivity contribution is 5.90. The van der Waals surface area contributed by atoms with Crippen LogP contribution in [0, 0.1) is 5.92 Å². The predicted octanol–water partition coefficient (Wildman–Crippen LogP) is 3.75. The molecule has 1 amide bonds. The van der Waals surface area contributed by atoms with Crippen molar-refractivity contribution in [3.63, 3.8) is 0 Å². The van der Waals surface area contributed by atoms with Crippen LogP contribution in [-0.4, -0.2) is 75.7 Å². The molecular formula is C34H42N2O9. The molecule has 0 aromatic heterocycles. The second kappa shape index (κ2) is 17.7. The van der Waals surface area contributed by atoms with Gasteiger partial charge in [0.15, 0.2) is 0 Å². The SMILES string of the molecule is CCOC(=O)[C@H](CCc1ccccc1)N[C@@H](C)C(=O)N1[C@H](C(=O)OCc2ccccc2)C[C@@H]2CCC[C@@H]21.O=C(O)C=CC(=O)O. The summed E-state index contributed by atoms with van der Waals surface area (Å²) in [6.45, 7) is 4.00. The molecule has 1 aliphatic heterocycles. The van der Waals surface area contributed by atoms with Crippen molar-refractivity contribution in [3.8, 4) is 0 Å². The first-order valence-electron chi connectivity index (χ1n) is 15.2. The first kappa shape index (κ1) is 35.0. The highest BCUT2D eigenvalue weighted by Gasteiger charge is 2.50. The van der Waals surface area contributed by atoms with Gasteiger partial charge in [-0.05, 0) is 63.0 Å². The lowest BCUT2D eigenvalue weighted by Gasteiger charge is -2.32. The maximum atomic E-state index is 13.8. The smallest absolute Gasteiger partial charge is 0.329 e. The van der Waals surface area contributed by atoms with Crippen molar-refractivity contribution in [1.29, 1.82) is 0 Å². The monoisotopic (exact) mass is 622 g/mol. The number of ether oxygens (including phenoxy) is 2. The van der Waals surface area contributed by atoms with E-state index in [-0.39, 0.29) is 37.1 Å². The number of amides is 1. The van der Waals surface area contributed by atoms with Gasteiger partial charge in [0.2, 0.25) is 5.91 Å². The Hall–Kier alpha value is -4.51. The van der Waals surface area contributed by atoms with Crippen LogP contribution >= 0.6 is 0 Å². The minimum atomic E-state index is -1.26. The number of carboxylic acids is 2. The van der Waals surface area contributed by atoms with Gasteiger partial charge in [-0.25, -0.2) is 14.4 Å². The zero-order chi connectivity index (χ0) is 32.8. The first-order valence-corrected chi connectivity index (χ1v) is 15.2. The molecule has 2 fully saturated rings. The van der Waals surface area contributed by atoms with Crippen LogP contribution in [0.15, 0.2) is 72.8 Å². The third-order valence-electron chi connectivity index (χ3n) is 7.91. The van der Waals surface area contributed by atoms with Crippen LogP contribution < -0.4 is 5.32 Å². The lowest BCUT2D eigenvalue weighted by Crippen LogP contribution is -2.55. The molecule has 242 valence electrons. The molecule has 0 unspecified atom stereocenters. The summed E-state index contributed by atoms with van der Waals surface area (Å²) in [5.41, 5.74) is 2.03. The van der Waals surface area contributed by atoms with E-state index >= 15 is 0 Å². The predicted molar refractivity (Wildman–Crippen MR) is 165 cm³/mol. The number of rotatable bonds is 13. The minimum Gasteiger partial charge on any atom is -0.478 e. The van der Waals surface area contributed by atoms with Crippen molar-refractivity contribution < 1.29 is 43.7 Å². The Morgan fingerprint density at radius 1 is 0.911 bits per heavy atom. The van der Waals surface area contributed by atoms with Crippen LogP contribution in [0.2, 0.25) is 0 Å². The van der Waals surface area contributed by atoms with E-state index in [4.69, 9.17) is 19.7 Å². The number of fused-ring (bicyclic) bond motifs is 1. The fraction of sp³-hybridized carbons (Fsp3) is 0.441. The number of esters is 2. The summed E-state index contributed by atoms with van der Waals surface area (Å²) < 4.78 is 10.9. The highest BCUT2D eigenvalue weighted by Crippen LogP contribution is 2.42. The minimum absolute atomic E-state index is 0.0383. The van der Waals surface area contributed by atoms with Gasteiger partial charge in [-0.1, -0.05) is 67.1 Å². The van der Waals surface area contributed by atoms with Gasteiger partial charge in [0.25, 0.3) is 0 Å². The molecule has 0 bridgehead atoms. The number of hydrogen-bond donors (Lipinski definition) is 3. The summed E-state index contributed by atoms with van der Waals surface area (Å²) in [7, 11) is 0. The molecule has 3 N–H and O–H groups in total. The number of nitrogens with zero attached hydrogens (tertiary/aromatic N) is 1. The van der Waals surface area contributed by atoms with Crippen LogP contribution in [0.5, 0.6) is 0 Å². The fourth-order valence-corrected chi connectivity index (χ4v) is 5.85. The summed E-state index contributed by atoms with van der Waals surface area (Å²) in [6, 6.07) is 17.7. The Morgan fingerprint density at radius 3 is 2.09 bits per heavy atom. The Morgan fingerprint density at radius 2 is 1.51 bits per heavy atom. The topological polar surface area (TPSA) is 160 Å². The molecule has 4 rings (SSSR count). The summed E-state index contributed by atoms with van der Waals surface area (Å²) in [5.74, 6) is -3.09. The van der Waals surface area contributed by atoms with Crippen molar-refractivity contribution in [3.05, 3.63) is 83.9 Å². The molecule has 2 aromatic rings. The Labute approximate surface area is 263 Å². The van der Waals surface area contributed by atoms with E-state index in [2.05, 4.69) is 5.32 Å². The van der Waals surface area contributed by atoms with Gasteiger partial charge in [0.1, 0.15) is 18.7 Å². The normalized spacial score (nSPS) is 20.0. The fourth-order valence-electron chi connectivity index (χ4n) is 5.85. The lowest BCUT2D eigenvalue weighted by atomic mass is 10.0. The Balaban J connectivity index is 0.000000610. The number of hydrogen-bond acceptors (Lipinski definition) is 8. The Bertz CT molecular complexity index is 1300. The number of likely N-dealkylation sites (tertiary alicyclic amines) is 1. The van der Waals surface area contributed by atoms with Gasteiger partial charge in [-0.2, -0.15) is 0 Å². The van der Waals surface area contributed by atoms with Crippen molar-refractivity contribution in [2.24, 2.45) is 5.92 Å². The number of carbonyl (C=O) groups excluding carboxylic acids is 3. The molecule has 1 saturated carbocycles. The molecule has 0 spiro atoms. The summed E-state index contributed by atoms with van der Waals surface area (Å²) in [5, 5.41) is 18.9. The largest absolute Gasteiger partial charge is 0.478 e. The van der Waals surface area contributed by atoms with Crippen LogP contribution in [0.3, 0.4) is 0 Å². The highest BCUT2D eigenvalue weighted by atomic mass is 16.5. The molecular weight excluding hydrogens is 580 g/mol. The molecule has 11 heteroatoms. The lowest BCUT2D eigenvalue weighted by molar-refractivity contribution is -0.156. The molecule has 2 aliphatic rings. The van der Waals surface area contributed by atoms with E-state index in [1.165, 1.54) is 0 Å². The van der Waals surface area contributed by atoms with Crippen molar-refractivity contribution in [2.75, 3.05) is 6.61 Å². The molecule has 1 aliphatic carbocycles. The van der Waals surface area contributed by atoms with Crippen molar-refractivity contribution in [1.82, 2.24) is 10.2 Å². The Kier molecular flexibility index (Phi) is 13.8. The summed E-state index contributed by atoms with van der Waals surface area (Å²) in [4.78, 5) is 60.5. The average molecular weight is 623 g/mol. The third-order valence-corrected chi connectivity index (χ3v) is 7.91. The van der Waals surface area contributed by atoms with Gasteiger partial charge in [-0.15, -0.1) is 0 Å². The van der Waals surface area contributed by atoms with E-state index < -0.39 is 30.1 Å². The summed E-state index contributed by atoms with van der Waals surface area (Å²) >= 11 is 0. The number of carboxylic acid groups (broad SMARTS) is 2. The number of benzene rings is 2. The van der Waals surface area contributed by atoms with Gasteiger partial charge < -0.3 is 24.6 Å². The maximum absolute atomic E-state index is 13.8. The maximum Gasteiger partial charge on any atom is 0.329 e. The van der Waals surface area contributed by atoms with E-state index in [0.29, 0.717) is 37.3 Å². The third kappa shape index (κ3) is 10.9. The molecule has 2 aromatic carbocycles. The van der Waals surface area contributed by atoms with E-state index in [9.17, 15) is 24.0 Å². The summed E-state index contributed by atoms with van der Waals surface area (Å²) in [6.07, 6.45) is 5.89. The number of aliphatic carboxylic acids is 2. The quantitative estimate of drug-likeness (QED) is 0.222. The molecule has 1 saturated heterocycles. The zero-order valence-electron chi connectivity index (χ0n) is 25.7. The van der Waals surface area contributed by atoms with Gasteiger partial charge in [0.05, 0.1) is 12.6 Å². The van der Waals surface area contributed by atoms with E-state index in [1.807, 2.05) is 60.7 Å². The van der Waals surface area contributed by atoms with Crippen LogP contribution in [0.1, 0.15) is 57.1 Å². The van der Waals surface area contributed by atoms with Crippen molar-refractivity contribution >= 4 is 29.8 Å². The van der Waals surface area contributed by atoms with Crippen LogP contribution in [0.4, 0.5) is 0 Å². The van der Waals surface area contributed by atoms with Crippen LogP contribution in [-0.2, 0) is 46.5 Å². The van der Waals surface area contributed by atoms with Crippen molar-refractivity contribution in [2.45, 2.75) is 83.1 Å².